The lowest BCUT2D eigenvalue weighted by atomic mass is 10.0. The number of nitrogens with zero attached hydrogens (tertiary/aromatic N) is 3. The quantitative estimate of drug-likeness (QED) is 0.886. The SMILES string of the molecule is C[C@@H]1CN(CC(C)(C)n2ccnc2C(N)=O)C[C@H](C)O1. The van der Waals surface area contributed by atoms with Crippen LogP contribution < -0.4 is 5.73 Å². The number of morpholine rings is 1. The molecule has 1 amide bonds. The largest absolute Gasteiger partial charge is 0.373 e. The van der Waals surface area contributed by atoms with Gasteiger partial charge >= 0.3 is 0 Å². The molecule has 6 heteroatoms. The molecule has 1 aromatic rings. The fraction of sp³-hybridized carbons (Fsp3) is 0.714. The van der Waals surface area contributed by atoms with E-state index in [2.05, 4.69) is 37.6 Å². The van der Waals surface area contributed by atoms with Crippen LogP contribution >= 0.6 is 0 Å². The molecule has 1 saturated heterocycles. The van der Waals surface area contributed by atoms with Crippen molar-refractivity contribution in [3.63, 3.8) is 0 Å². The molecule has 1 aliphatic heterocycles. The van der Waals surface area contributed by atoms with Crippen LogP contribution in [-0.4, -0.2) is 52.2 Å². The van der Waals surface area contributed by atoms with Crippen molar-refractivity contribution in [2.45, 2.75) is 45.4 Å². The van der Waals surface area contributed by atoms with Crippen molar-refractivity contribution >= 4 is 5.91 Å². The molecule has 20 heavy (non-hydrogen) atoms. The Morgan fingerprint density at radius 2 is 2.05 bits per heavy atom. The molecule has 1 fully saturated rings. The van der Waals surface area contributed by atoms with Gasteiger partial charge in [0.1, 0.15) is 0 Å². The number of hydrogen-bond acceptors (Lipinski definition) is 4. The van der Waals surface area contributed by atoms with E-state index >= 15 is 0 Å². The monoisotopic (exact) mass is 280 g/mol. The van der Waals surface area contributed by atoms with Crippen molar-refractivity contribution in [2.24, 2.45) is 5.73 Å². The molecule has 0 bridgehead atoms. The highest BCUT2D eigenvalue weighted by Crippen LogP contribution is 2.21. The Bertz CT molecular complexity index is 473. The molecule has 6 nitrogen and oxygen atoms in total. The number of amides is 1. The summed E-state index contributed by atoms with van der Waals surface area (Å²) >= 11 is 0. The standard InChI is InChI=1S/C14H24N4O2/c1-10-7-17(8-11(2)20-10)9-14(3,4)18-6-5-16-13(18)12(15)19/h5-6,10-11H,7-9H2,1-4H3,(H2,15,19)/t10-,11+. The Labute approximate surface area is 119 Å². The zero-order valence-corrected chi connectivity index (χ0v) is 12.7. The van der Waals surface area contributed by atoms with Gasteiger partial charge in [0.15, 0.2) is 5.82 Å². The molecule has 112 valence electrons. The first-order valence-electron chi connectivity index (χ1n) is 7.01. The number of carbonyl (C=O) groups excluding carboxylic acids is 1. The molecule has 2 N–H and O–H groups in total. The van der Waals surface area contributed by atoms with Crippen LogP contribution in [0.4, 0.5) is 0 Å². The summed E-state index contributed by atoms with van der Waals surface area (Å²) in [6.07, 6.45) is 3.89. The molecule has 1 aromatic heterocycles. The second kappa shape index (κ2) is 5.54. The third-order valence-corrected chi connectivity index (χ3v) is 3.62. The van der Waals surface area contributed by atoms with Crippen molar-refractivity contribution in [2.75, 3.05) is 19.6 Å². The molecule has 1 aliphatic rings. The number of hydrogen-bond donors (Lipinski definition) is 1. The molecule has 0 aromatic carbocycles. The Morgan fingerprint density at radius 1 is 1.45 bits per heavy atom. The molecule has 2 rings (SSSR count). The maximum atomic E-state index is 11.4. The smallest absolute Gasteiger partial charge is 0.284 e. The Hall–Kier alpha value is -1.40. The number of rotatable bonds is 4. The summed E-state index contributed by atoms with van der Waals surface area (Å²) in [5.74, 6) is -0.184. The third-order valence-electron chi connectivity index (χ3n) is 3.62. The fourth-order valence-corrected chi connectivity index (χ4v) is 3.01. The van der Waals surface area contributed by atoms with Crippen molar-refractivity contribution in [1.82, 2.24) is 14.5 Å². The summed E-state index contributed by atoms with van der Waals surface area (Å²) in [6.45, 7) is 11.0. The molecule has 0 aliphatic carbocycles. The van der Waals surface area contributed by atoms with Crippen LogP contribution in [0.1, 0.15) is 38.3 Å². The summed E-state index contributed by atoms with van der Waals surface area (Å²) in [5, 5.41) is 0. The van der Waals surface area contributed by atoms with E-state index in [0.717, 1.165) is 19.6 Å². The second-order valence-electron chi connectivity index (χ2n) is 6.25. The van der Waals surface area contributed by atoms with Gasteiger partial charge in [0.25, 0.3) is 5.91 Å². The van der Waals surface area contributed by atoms with Crippen LogP contribution in [0.3, 0.4) is 0 Å². The average Bonchev–Trinajstić information content (AvgIpc) is 2.75. The van der Waals surface area contributed by atoms with Gasteiger partial charge in [-0.3, -0.25) is 9.69 Å². The van der Waals surface area contributed by atoms with Gasteiger partial charge in [0, 0.05) is 32.0 Å². The fourth-order valence-electron chi connectivity index (χ4n) is 3.01. The van der Waals surface area contributed by atoms with Crippen LogP contribution in [0.15, 0.2) is 12.4 Å². The summed E-state index contributed by atoms with van der Waals surface area (Å²) in [4.78, 5) is 17.8. The molecule has 0 radical (unpaired) electrons. The van der Waals surface area contributed by atoms with E-state index in [1.54, 1.807) is 6.20 Å². The van der Waals surface area contributed by atoms with Gasteiger partial charge in [0.2, 0.25) is 0 Å². The first kappa shape index (κ1) is 15.0. The minimum atomic E-state index is -0.494. The zero-order valence-electron chi connectivity index (χ0n) is 12.7. The lowest BCUT2D eigenvalue weighted by Gasteiger charge is -2.40. The van der Waals surface area contributed by atoms with Gasteiger partial charge in [-0.1, -0.05) is 0 Å². The number of carbonyl (C=O) groups is 1. The van der Waals surface area contributed by atoms with Crippen LogP contribution in [-0.2, 0) is 10.3 Å². The number of ether oxygens (including phenoxy) is 1. The Balaban J connectivity index is 2.14. The Kier molecular flexibility index (Phi) is 4.15. The van der Waals surface area contributed by atoms with E-state index in [0.29, 0.717) is 5.82 Å². The highest BCUT2D eigenvalue weighted by molar-refractivity contribution is 5.89. The normalized spacial score (nSPS) is 24.8. The van der Waals surface area contributed by atoms with E-state index in [4.69, 9.17) is 10.5 Å². The van der Waals surface area contributed by atoms with Crippen molar-refractivity contribution in [3.8, 4) is 0 Å². The number of aromatic nitrogens is 2. The maximum absolute atomic E-state index is 11.4. The molecule has 2 heterocycles. The van der Waals surface area contributed by atoms with Crippen molar-refractivity contribution < 1.29 is 9.53 Å². The van der Waals surface area contributed by atoms with E-state index in [9.17, 15) is 4.79 Å². The van der Waals surface area contributed by atoms with Gasteiger partial charge in [-0.2, -0.15) is 0 Å². The van der Waals surface area contributed by atoms with E-state index in [-0.39, 0.29) is 17.7 Å². The topological polar surface area (TPSA) is 73.4 Å². The molecular formula is C14H24N4O2. The Morgan fingerprint density at radius 3 is 2.60 bits per heavy atom. The number of nitrogens with two attached hydrogens (primary N) is 1. The number of primary amides is 1. The lowest BCUT2D eigenvalue weighted by molar-refractivity contribution is -0.0748. The first-order valence-corrected chi connectivity index (χ1v) is 7.01. The summed E-state index contributed by atoms with van der Waals surface area (Å²) in [5.41, 5.74) is 5.12. The molecule has 0 spiro atoms. The van der Waals surface area contributed by atoms with Crippen LogP contribution in [0, 0.1) is 0 Å². The molecule has 0 unspecified atom stereocenters. The third kappa shape index (κ3) is 3.19. The zero-order chi connectivity index (χ0) is 14.9. The highest BCUT2D eigenvalue weighted by Gasteiger charge is 2.30. The van der Waals surface area contributed by atoms with Crippen molar-refractivity contribution in [3.05, 3.63) is 18.2 Å². The van der Waals surface area contributed by atoms with Crippen molar-refractivity contribution in [1.29, 1.82) is 0 Å². The van der Waals surface area contributed by atoms with Gasteiger partial charge in [-0.05, 0) is 27.7 Å². The van der Waals surface area contributed by atoms with Gasteiger partial charge in [-0.15, -0.1) is 0 Å². The summed E-state index contributed by atoms with van der Waals surface area (Å²) in [6, 6.07) is 0. The predicted octanol–water partition coefficient (Wildman–Crippen LogP) is 0.826. The average molecular weight is 280 g/mol. The molecular weight excluding hydrogens is 256 g/mol. The van der Waals surface area contributed by atoms with Crippen LogP contribution in [0.25, 0.3) is 0 Å². The summed E-state index contributed by atoms with van der Waals surface area (Å²) in [7, 11) is 0. The van der Waals surface area contributed by atoms with Gasteiger partial charge in [-0.25, -0.2) is 4.98 Å². The predicted molar refractivity (Wildman–Crippen MR) is 76.5 cm³/mol. The highest BCUT2D eigenvalue weighted by atomic mass is 16.5. The molecule has 2 atom stereocenters. The van der Waals surface area contributed by atoms with E-state index in [1.807, 2.05) is 10.8 Å². The minimum Gasteiger partial charge on any atom is -0.373 e. The van der Waals surface area contributed by atoms with E-state index in [1.165, 1.54) is 0 Å². The number of imidazole rings is 1. The lowest BCUT2D eigenvalue weighted by Crippen LogP contribution is -2.51. The summed E-state index contributed by atoms with van der Waals surface area (Å²) < 4.78 is 7.61. The van der Waals surface area contributed by atoms with Gasteiger partial charge in [0.05, 0.1) is 17.7 Å². The van der Waals surface area contributed by atoms with Crippen LogP contribution in [0.5, 0.6) is 0 Å². The second-order valence-corrected chi connectivity index (χ2v) is 6.25. The maximum Gasteiger partial charge on any atom is 0.284 e. The van der Waals surface area contributed by atoms with Gasteiger partial charge < -0.3 is 15.0 Å². The van der Waals surface area contributed by atoms with Crippen LogP contribution in [0.2, 0.25) is 0 Å². The minimum absolute atomic E-state index is 0.230. The molecule has 0 saturated carbocycles. The van der Waals surface area contributed by atoms with E-state index < -0.39 is 5.91 Å². The first-order chi connectivity index (χ1) is 9.29.